The van der Waals surface area contributed by atoms with E-state index in [9.17, 15) is 5.11 Å². The highest BCUT2D eigenvalue weighted by Gasteiger charge is 2.18. The van der Waals surface area contributed by atoms with Gasteiger partial charge in [-0.2, -0.15) is 0 Å². The largest absolute Gasteiger partial charge is 0.393 e. The molecule has 1 saturated heterocycles. The van der Waals surface area contributed by atoms with E-state index in [4.69, 9.17) is 4.52 Å². The maximum Gasteiger partial charge on any atom is 0.167 e. The van der Waals surface area contributed by atoms with Gasteiger partial charge < -0.3 is 9.63 Å². The van der Waals surface area contributed by atoms with Crippen molar-refractivity contribution in [3.8, 4) is 11.3 Å². The van der Waals surface area contributed by atoms with E-state index in [1.165, 1.54) is 0 Å². The van der Waals surface area contributed by atoms with E-state index < -0.39 is 0 Å². The van der Waals surface area contributed by atoms with Crippen LogP contribution in [0.5, 0.6) is 0 Å². The van der Waals surface area contributed by atoms with Gasteiger partial charge in [-0.1, -0.05) is 33.2 Å². The molecular weight excluding hydrogens is 320 g/mol. The third-order valence-corrected chi connectivity index (χ3v) is 4.10. The van der Waals surface area contributed by atoms with Crippen molar-refractivity contribution in [1.82, 2.24) is 10.1 Å². The monoisotopic (exact) mass is 336 g/mol. The van der Waals surface area contributed by atoms with Gasteiger partial charge in [0.25, 0.3) is 0 Å². The molecule has 4 nitrogen and oxygen atoms in total. The first-order valence-corrected chi connectivity index (χ1v) is 7.62. The fourth-order valence-electron chi connectivity index (χ4n) is 2.47. The Labute approximate surface area is 126 Å². The van der Waals surface area contributed by atoms with Crippen LogP contribution in [0.3, 0.4) is 0 Å². The molecule has 0 bridgehead atoms. The Morgan fingerprint density at radius 2 is 2.10 bits per heavy atom. The van der Waals surface area contributed by atoms with E-state index >= 15 is 0 Å². The molecule has 1 fully saturated rings. The fourth-order valence-corrected chi connectivity index (χ4v) is 2.87. The molecule has 2 aromatic rings. The van der Waals surface area contributed by atoms with E-state index in [-0.39, 0.29) is 6.10 Å². The Morgan fingerprint density at radius 1 is 1.30 bits per heavy atom. The van der Waals surface area contributed by atoms with Gasteiger partial charge in [0.05, 0.1) is 11.8 Å². The van der Waals surface area contributed by atoms with Crippen LogP contribution in [-0.2, 0) is 6.54 Å². The first-order chi connectivity index (χ1) is 9.70. The number of hydrogen-bond donors (Lipinski definition) is 1. The molecular formula is C15H17BrN2O2. The third-order valence-electron chi connectivity index (χ3n) is 3.61. The number of aromatic nitrogens is 1. The highest BCUT2D eigenvalue weighted by molar-refractivity contribution is 9.10. The van der Waals surface area contributed by atoms with Gasteiger partial charge in [-0.15, -0.1) is 0 Å². The van der Waals surface area contributed by atoms with Crippen molar-refractivity contribution >= 4 is 15.9 Å². The van der Waals surface area contributed by atoms with Crippen LogP contribution in [0.4, 0.5) is 0 Å². The van der Waals surface area contributed by atoms with Gasteiger partial charge in [0.15, 0.2) is 5.76 Å². The summed E-state index contributed by atoms with van der Waals surface area (Å²) in [4.78, 5) is 2.30. The zero-order chi connectivity index (χ0) is 13.9. The van der Waals surface area contributed by atoms with Crippen LogP contribution in [0.1, 0.15) is 18.5 Å². The zero-order valence-corrected chi connectivity index (χ0v) is 12.7. The van der Waals surface area contributed by atoms with E-state index in [1.807, 2.05) is 30.3 Å². The molecule has 0 atom stereocenters. The lowest BCUT2D eigenvalue weighted by molar-refractivity contribution is 0.0782. The fraction of sp³-hybridized carbons (Fsp3) is 0.400. The van der Waals surface area contributed by atoms with E-state index in [0.29, 0.717) is 0 Å². The van der Waals surface area contributed by atoms with Crippen LogP contribution < -0.4 is 0 Å². The molecule has 20 heavy (non-hydrogen) atoms. The molecule has 3 rings (SSSR count). The number of hydrogen-bond acceptors (Lipinski definition) is 4. The average Bonchev–Trinajstić information content (AvgIpc) is 2.90. The predicted molar refractivity (Wildman–Crippen MR) is 80.2 cm³/mol. The lowest BCUT2D eigenvalue weighted by Gasteiger charge is -2.28. The molecule has 0 radical (unpaired) electrons. The molecule has 1 aromatic carbocycles. The standard InChI is InChI=1S/C15H17BrN2O2/c16-12-3-1-2-11(8-12)15-9-13(17-20-15)10-18-6-4-14(19)5-7-18/h1-3,8-9,14,19H,4-7,10H2. The zero-order valence-electron chi connectivity index (χ0n) is 11.1. The molecule has 0 unspecified atom stereocenters. The van der Waals surface area contributed by atoms with Gasteiger partial charge in [0, 0.05) is 35.7 Å². The molecule has 1 aliphatic heterocycles. The number of aliphatic hydroxyl groups excluding tert-OH is 1. The SMILES string of the molecule is OC1CCN(Cc2cc(-c3cccc(Br)c3)on2)CC1. The topological polar surface area (TPSA) is 49.5 Å². The Kier molecular flexibility index (Phi) is 4.19. The second-order valence-corrected chi connectivity index (χ2v) is 6.12. The summed E-state index contributed by atoms with van der Waals surface area (Å²) in [5.74, 6) is 0.790. The van der Waals surface area contributed by atoms with Crippen molar-refractivity contribution in [3.05, 3.63) is 40.5 Å². The van der Waals surface area contributed by atoms with Gasteiger partial charge in [-0.05, 0) is 25.0 Å². The summed E-state index contributed by atoms with van der Waals surface area (Å²) in [5, 5.41) is 13.6. The number of nitrogens with zero attached hydrogens (tertiary/aromatic N) is 2. The molecule has 1 aromatic heterocycles. The lowest BCUT2D eigenvalue weighted by Crippen LogP contribution is -2.35. The second kappa shape index (κ2) is 6.08. The van der Waals surface area contributed by atoms with E-state index in [1.54, 1.807) is 0 Å². The van der Waals surface area contributed by atoms with Crippen LogP contribution in [0.15, 0.2) is 39.3 Å². The Morgan fingerprint density at radius 3 is 2.85 bits per heavy atom. The van der Waals surface area contributed by atoms with Gasteiger partial charge in [-0.25, -0.2) is 0 Å². The van der Waals surface area contributed by atoms with Crippen molar-refractivity contribution in [1.29, 1.82) is 0 Å². The normalized spacial score (nSPS) is 17.5. The van der Waals surface area contributed by atoms with Crippen LogP contribution in [0.2, 0.25) is 0 Å². The minimum atomic E-state index is -0.138. The van der Waals surface area contributed by atoms with Crippen molar-refractivity contribution in [2.45, 2.75) is 25.5 Å². The third kappa shape index (κ3) is 3.29. The Hall–Kier alpha value is -1.17. The number of piperidine rings is 1. The number of benzene rings is 1. The summed E-state index contributed by atoms with van der Waals surface area (Å²) in [6.45, 7) is 2.62. The molecule has 1 aliphatic rings. The van der Waals surface area contributed by atoms with Gasteiger partial charge in [0.2, 0.25) is 0 Å². The molecule has 0 spiro atoms. The van der Waals surface area contributed by atoms with Gasteiger partial charge in [0.1, 0.15) is 0 Å². The van der Waals surface area contributed by atoms with E-state index in [2.05, 4.69) is 26.0 Å². The first kappa shape index (κ1) is 13.8. The number of aliphatic hydroxyl groups is 1. The highest BCUT2D eigenvalue weighted by atomic mass is 79.9. The maximum absolute atomic E-state index is 9.51. The smallest absolute Gasteiger partial charge is 0.167 e. The van der Waals surface area contributed by atoms with Crippen LogP contribution in [-0.4, -0.2) is 34.4 Å². The van der Waals surface area contributed by atoms with Crippen molar-refractivity contribution in [2.24, 2.45) is 0 Å². The van der Waals surface area contributed by atoms with E-state index in [0.717, 1.165) is 54.0 Å². The summed E-state index contributed by atoms with van der Waals surface area (Å²) >= 11 is 3.46. The summed E-state index contributed by atoms with van der Waals surface area (Å²) in [6.07, 6.45) is 1.55. The molecule has 0 aliphatic carbocycles. The van der Waals surface area contributed by atoms with Crippen LogP contribution in [0.25, 0.3) is 11.3 Å². The molecule has 1 N–H and O–H groups in total. The second-order valence-electron chi connectivity index (χ2n) is 5.20. The number of halogens is 1. The van der Waals surface area contributed by atoms with Gasteiger partial charge in [-0.3, -0.25) is 4.90 Å². The first-order valence-electron chi connectivity index (χ1n) is 6.82. The number of likely N-dealkylation sites (tertiary alicyclic amines) is 1. The lowest BCUT2D eigenvalue weighted by atomic mass is 10.1. The predicted octanol–water partition coefficient (Wildman–Crippen LogP) is 3.06. The van der Waals surface area contributed by atoms with Crippen LogP contribution >= 0.6 is 15.9 Å². The quantitative estimate of drug-likeness (QED) is 0.935. The maximum atomic E-state index is 9.51. The molecule has 0 saturated carbocycles. The molecule has 2 heterocycles. The summed E-state index contributed by atoms with van der Waals surface area (Å²) in [6, 6.07) is 9.98. The summed E-state index contributed by atoms with van der Waals surface area (Å²) in [5.41, 5.74) is 1.96. The van der Waals surface area contributed by atoms with Crippen molar-refractivity contribution in [2.75, 3.05) is 13.1 Å². The average molecular weight is 337 g/mol. The number of rotatable bonds is 3. The molecule has 106 valence electrons. The summed E-state index contributed by atoms with van der Waals surface area (Å²) in [7, 11) is 0. The Balaban J connectivity index is 1.68. The van der Waals surface area contributed by atoms with Crippen molar-refractivity contribution in [3.63, 3.8) is 0 Å². The molecule has 0 amide bonds. The minimum absolute atomic E-state index is 0.138. The minimum Gasteiger partial charge on any atom is -0.393 e. The van der Waals surface area contributed by atoms with Crippen molar-refractivity contribution < 1.29 is 9.63 Å². The molecule has 5 heteroatoms. The van der Waals surface area contributed by atoms with Gasteiger partial charge >= 0.3 is 0 Å². The van der Waals surface area contributed by atoms with Crippen LogP contribution in [0, 0.1) is 0 Å². The Bertz CT molecular complexity index is 577. The highest BCUT2D eigenvalue weighted by Crippen LogP contribution is 2.24. The summed E-state index contributed by atoms with van der Waals surface area (Å²) < 4.78 is 6.45.